The van der Waals surface area contributed by atoms with Crippen LogP contribution in [-0.4, -0.2) is 17.2 Å². The third kappa shape index (κ3) is 6.99. The maximum atomic E-state index is 5.92. The first-order chi connectivity index (χ1) is 9.75. The summed E-state index contributed by atoms with van der Waals surface area (Å²) in [5, 5.41) is 3.33. The SMILES string of the molecule is CCCCCCCCC/C=C/CC1NC=CN1C(C)N. The molecule has 0 aliphatic carbocycles. The lowest BCUT2D eigenvalue weighted by Crippen LogP contribution is -2.44. The molecular formula is C17H33N3. The van der Waals surface area contributed by atoms with Crippen molar-refractivity contribution in [2.24, 2.45) is 5.73 Å². The molecule has 1 aliphatic rings. The molecule has 116 valence electrons. The fourth-order valence-electron chi connectivity index (χ4n) is 2.60. The third-order valence-electron chi connectivity index (χ3n) is 3.87. The normalized spacial score (nSPS) is 19.8. The maximum Gasteiger partial charge on any atom is 0.103 e. The Labute approximate surface area is 125 Å². The second-order valence-electron chi connectivity index (χ2n) is 5.80. The molecule has 20 heavy (non-hydrogen) atoms. The van der Waals surface area contributed by atoms with Gasteiger partial charge < -0.3 is 16.0 Å². The Balaban J connectivity index is 1.97. The summed E-state index contributed by atoms with van der Waals surface area (Å²) in [5.74, 6) is 0. The highest BCUT2D eigenvalue weighted by atomic mass is 15.3. The van der Waals surface area contributed by atoms with Gasteiger partial charge in [0.15, 0.2) is 0 Å². The van der Waals surface area contributed by atoms with Gasteiger partial charge in [0.25, 0.3) is 0 Å². The first kappa shape index (κ1) is 17.1. The van der Waals surface area contributed by atoms with Gasteiger partial charge in [0, 0.05) is 18.8 Å². The zero-order chi connectivity index (χ0) is 14.6. The Hall–Kier alpha value is -0.960. The van der Waals surface area contributed by atoms with Gasteiger partial charge in [0.2, 0.25) is 0 Å². The summed E-state index contributed by atoms with van der Waals surface area (Å²) in [6.07, 6.45) is 21.0. The molecule has 0 fully saturated rings. The summed E-state index contributed by atoms with van der Waals surface area (Å²) in [6, 6.07) is 0. The van der Waals surface area contributed by atoms with Gasteiger partial charge >= 0.3 is 0 Å². The van der Waals surface area contributed by atoms with E-state index in [1.54, 1.807) is 0 Å². The first-order valence-electron chi connectivity index (χ1n) is 8.36. The van der Waals surface area contributed by atoms with Gasteiger partial charge in [-0.15, -0.1) is 0 Å². The van der Waals surface area contributed by atoms with E-state index in [4.69, 9.17) is 5.73 Å². The molecule has 0 radical (unpaired) electrons. The Morgan fingerprint density at radius 2 is 1.85 bits per heavy atom. The quantitative estimate of drug-likeness (QED) is 0.442. The minimum absolute atomic E-state index is 0.0720. The van der Waals surface area contributed by atoms with Gasteiger partial charge in [-0.1, -0.05) is 57.6 Å². The minimum atomic E-state index is 0.0720. The van der Waals surface area contributed by atoms with E-state index in [0.29, 0.717) is 6.17 Å². The molecule has 2 atom stereocenters. The standard InChI is InChI=1S/C17H33N3/c1-3-4-5-6-7-8-9-10-11-12-13-17-19-14-15-20(17)16(2)18/h11-12,14-17,19H,3-10,13,18H2,1-2H3/b12-11+. The molecule has 2 unspecified atom stereocenters. The van der Waals surface area contributed by atoms with Crippen LogP contribution in [0.5, 0.6) is 0 Å². The molecule has 1 heterocycles. The largest absolute Gasteiger partial charge is 0.370 e. The van der Waals surface area contributed by atoms with Crippen LogP contribution in [0.25, 0.3) is 0 Å². The molecule has 0 amide bonds. The van der Waals surface area contributed by atoms with Crippen molar-refractivity contribution in [2.45, 2.75) is 84.0 Å². The average molecular weight is 279 g/mol. The molecule has 3 heteroatoms. The summed E-state index contributed by atoms with van der Waals surface area (Å²) in [5.41, 5.74) is 5.92. The Bertz CT molecular complexity index is 284. The summed E-state index contributed by atoms with van der Waals surface area (Å²) in [4.78, 5) is 2.16. The van der Waals surface area contributed by atoms with Crippen molar-refractivity contribution in [1.29, 1.82) is 0 Å². The van der Waals surface area contributed by atoms with E-state index in [1.807, 2.05) is 19.3 Å². The Morgan fingerprint density at radius 3 is 2.55 bits per heavy atom. The number of hydrogen-bond donors (Lipinski definition) is 2. The molecule has 0 aromatic carbocycles. The lowest BCUT2D eigenvalue weighted by Gasteiger charge is -2.28. The van der Waals surface area contributed by atoms with E-state index in [2.05, 4.69) is 29.3 Å². The topological polar surface area (TPSA) is 41.3 Å². The third-order valence-corrected chi connectivity index (χ3v) is 3.87. The van der Waals surface area contributed by atoms with Crippen molar-refractivity contribution < 1.29 is 0 Å². The summed E-state index contributed by atoms with van der Waals surface area (Å²) in [7, 11) is 0. The molecule has 0 saturated heterocycles. The van der Waals surface area contributed by atoms with E-state index in [1.165, 1.54) is 51.4 Å². The Kier molecular flexibility index (Phi) is 9.22. The lowest BCUT2D eigenvalue weighted by atomic mass is 10.1. The van der Waals surface area contributed by atoms with Crippen LogP contribution in [0, 0.1) is 0 Å². The molecule has 0 aromatic heterocycles. The average Bonchev–Trinajstić information content (AvgIpc) is 2.89. The highest BCUT2D eigenvalue weighted by molar-refractivity contribution is 4.99. The van der Waals surface area contributed by atoms with Crippen LogP contribution in [0.1, 0.15) is 71.6 Å². The van der Waals surface area contributed by atoms with Gasteiger partial charge in [0.1, 0.15) is 6.17 Å². The summed E-state index contributed by atoms with van der Waals surface area (Å²) < 4.78 is 0. The van der Waals surface area contributed by atoms with E-state index in [0.717, 1.165) is 6.42 Å². The van der Waals surface area contributed by atoms with E-state index in [9.17, 15) is 0 Å². The summed E-state index contributed by atoms with van der Waals surface area (Å²) >= 11 is 0. The first-order valence-corrected chi connectivity index (χ1v) is 8.36. The van der Waals surface area contributed by atoms with Crippen LogP contribution in [-0.2, 0) is 0 Å². The highest BCUT2D eigenvalue weighted by Gasteiger charge is 2.19. The molecule has 0 spiro atoms. The number of unbranched alkanes of at least 4 members (excludes halogenated alkanes) is 7. The maximum absolute atomic E-state index is 5.92. The van der Waals surface area contributed by atoms with Gasteiger partial charge in [-0.3, -0.25) is 0 Å². The molecular weight excluding hydrogens is 246 g/mol. The molecule has 3 N–H and O–H groups in total. The van der Waals surface area contributed by atoms with Gasteiger partial charge in [-0.25, -0.2) is 0 Å². The van der Waals surface area contributed by atoms with Crippen LogP contribution >= 0.6 is 0 Å². The van der Waals surface area contributed by atoms with Crippen molar-refractivity contribution in [3.63, 3.8) is 0 Å². The van der Waals surface area contributed by atoms with Crippen molar-refractivity contribution in [1.82, 2.24) is 10.2 Å². The van der Waals surface area contributed by atoms with Crippen molar-refractivity contribution in [3.05, 3.63) is 24.6 Å². The number of allylic oxidation sites excluding steroid dienone is 1. The highest BCUT2D eigenvalue weighted by Crippen LogP contribution is 2.12. The molecule has 0 bridgehead atoms. The number of nitrogens with two attached hydrogens (primary N) is 1. The van der Waals surface area contributed by atoms with Gasteiger partial charge in [0.05, 0.1) is 6.17 Å². The van der Waals surface area contributed by atoms with Crippen molar-refractivity contribution in [2.75, 3.05) is 0 Å². The fraction of sp³-hybridized carbons (Fsp3) is 0.765. The Morgan fingerprint density at radius 1 is 1.15 bits per heavy atom. The number of rotatable bonds is 11. The molecule has 1 aliphatic heterocycles. The molecule has 0 aromatic rings. The minimum Gasteiger partial charge on any atom is -0.370 e. The molecule has 1 rings (SSSR count). The van der Waals surface area contributed by atoms with E-state index in [-0.39, 0.29) is 6.17 Å². The predicted molar refractivity (Wildman–Crippen MR) is 87.9 cm³/mol. The van der Waals surface area contributed by atoms with Gasteiger partial charge in [-0.2, -0.15) is 0 Å². The van der Waals surface area contributed by atoms with Crippen LogP contribution in [0.2, 0.25) is 0 Å². The second-order valence-corrected chi connectivity index (χ2v) is 5.80. The number of hydrogen-bond acceptors (Lipinski definition) is 3. The zero-order valence-electron chi connectivity index (χ0n) is 13.4. The molecule has 3 nitrogen and oxygen atoms in total. The molecule has 0 saturated carbocycles. The van der Waals surface area contributed by atoms with Crippen molar-refractivity contribution >= 4 is 0 Å². The number of nitrogens with one attached hydrogen (secondary N) is 1. The predicted octanol–water partition coefficient (Wildman–Crippen LogP) is 4.08. The van der Waals surface area contributed by atoms with E-state index >= 15 is 0 Å². The van der Waals surface area contributed by atoms with Crippen molar-refractivity contribution in [3.8, 4) is 0 Å². The smallest absolute Gasteiger partial charge is 0.103 e. The monoisotopic (exact) mass is 279 g/mol. The van der Waals surface area contributed by atoms with Gasteiger partial charge in [-0.05, 0) is 19.8 Å². The lowest BCUT2D eigenvalue weighted by molar-refractivity contribution is 0.223. The second kappa shape index (κ2) is 10.8. The van der Waals surface area contributed by atoms with Crippen LogP contribution in [0.3, 0.4) is 0 Å². The van der Waals surface area contributed by atoms with Crippen LogP contribution in [0.4, 0.5) is 0 Å². The van der Waals surface area contributed by atoms with E-state index < -0.39 is 0 Å². The summed E-state index contributed by atoms with van der Waals surface area (Å²) in [6.45, 7) is 4.29. The van der Waals surface area contributed by atoms with Crippen LogP contribution < -0.4 is 11.1 Å². The fourth-order valence-corrected chi connectivity index (χ4v) is 2.60. The number of nitrogens with zero attached hydrogens (tertiary/aromatic N) is 1. The zero-order valence-corrected chi connectivity index (χ0v) is 13.4. The van der Waals surface area contributed by atoms with Crippen LogP contribution in [0.15, 0.2) is 24.6 Å².